The SMILES string of the molecule is CCC(C(=O)NC)N(Cc1ccccc1Cl)C(=O)COc1ccc(Br)c(C)c1. The molecule has 0 saturated carbocycles. The van der Waals surface area contributed by atoms with Gasteiger partial charge in [-0.25, -0.2) is 0 Å². The molecule has 28 heavy (non-hydrogen) atoms. The Hall–Kier alpha value is -2.05. The molecule has 0 aliphatic carbocycles. The number of carbonyl (C=O) groups is 2. The average molecular weight is 468 g/mol. The summed E-state index contributed by atoms with van der Waals surface area (Å²) in [4.78, 5) is 26.8. The quantitative estimate of drug-likeness (QED) is 0.628. The van der Waals surface area contributed by atoms with E-state index >= 15 is 0 Å². The molecule has 0 spiro atoms. The molecule has 1 unspecified atom stereocenters. The van der Waals surface area contributed by atoms with Gasteiger partial charge in [0.2, 0.25) is 5.91 Å². The highest BCUT2D eigenvalue weighted by molar-refractivity contribution is 9.10. The van der Waals surface area contributed by atoms with Crippen LogP contribution in [-0.2, 0) is 16.1 Å². The predicted molar refractivity (Wildman–Crippen MR) is 115 cm³/mol. The van der Waals surface area contributed by atoms with Crippen LogP contribution in [0, 0.1) is 6.92 Å². The van der Waals surface area contributed by atoms with Crippen LogP contribution in [-0.4, -0.2) is 36.4 Å². The molecule has 2 aromatic carbocycles. The first-order valence-electron chi connectivity index (χ1n) is 9.00. The fraction of sp³-hybridized carbons (Fsp3) is 0.333. The fourth-order valence-electron chi connectivity index (χ4n) is 2.83. The van der Waals surface area contributed by atoms with Crippen molar-refractivity contribution in [1.82, 2.24) is 10.2 Å². The molecule has 0 saturated heterocycles. The van der Waals surface area contributed by atoms with Crippen molar-refractivity contribution in [2.45, 2.75) is 32.9 Å². The van der Waals surface area contributed by atoms with Gasteiger partial charge in [-0.3, -0.25) is 9.59 Å². The van der Waals surface area contributed by atoms with Crippen LogP contribution in [0.4, 0.5) is 0 Å². The largest absolute Gasteiger partial charge is 0.484 e. The van der Waals surface area contributed by atoms with Gasteiger partial charge in [0.25, 0.3) is 5.91 Å². The molecule has 0 bridgehead atoms. The molecule has 0 aliphatic rings. The summed E-state index contributed by atoms with van der Waals surface area (Å²) in [6.07, 6.45) is 0.479. The number of aryl methyl sites for hydroxylation is 1. The van der Waals surface area contributed by atoms with Crippen molar-refractivity contribution in [3.05, 3.63) is 63.1 Å². The van der Waals surface area contributed by atoms with E-state index in [-0.39, 0.29) is 25.0 Å². The minimum Gasteiger partial charge on any atom is -0.484 e. The van der Waals surface area contributed by atoms with Crippen molar-refractivity contribution in [3.8, 4) is 5.75 Å². The van der Waals surface area contributed by atoms with E-state index in [4.69, 9.17) is 16.3 Å². The molecule has 0 heterocycles. The molecule has 2 aromatic rings. The number of amides is 2. The van der Waals surface area contributed by atoms with Crippen LogP contribution in [0.25, 0.3) is 0 Å². The van der Waals surface area contributed by atoms with Crippen LogP contribution in [0.15, 0.2) is 46.9 Å². The van der Waals surface area contributed by atoms with Crippen molar-refractivity contribution in [2.24, 2.45) is 0 Å². The zero-order chi connectivity index (χ0) is 20.7. The molecule has 2 amide bonds. The molecule has 7 heteroatoms. The van der Waals surface area contributed by atoms with Gasteiger partial charge >= 0.3 is 0 Å². The van der Waals surface area contributed by atoms with Crippen molar-refractivity contribution in [2.75, 3.05) is 13.7 Å². The number of carbonyl (C=O) groups excluding carboxylic acids is 2. The van der Waals surface area contributed by atoms with E-state index in [1.165, 1.54) is 4.90 Å². The Bertz CT molecular complexity index is 844. The highest BCUT2D eigenvalue weighted by Crippen LogP contribution is 2.23. The van der Waals surface area contributed by atoms with Crippen LogP contribution in [0.3, 0.4) is 0 Å². The lowest BCUT2D eigenvalue weighted by atomic mass is 10.1. The average Bonchev–Trinajstić information content (AvgIpc) is 2.69. The molecule has 2 rings (SSSR count). The first kappa shape index (κ1) is 22.2. The van der Waals surface area contributed by atoms with E-state index in [1.54, 1.807) is 19.2 Å². The van der Waals surface area contributed by atoms with Gasteiger partial charge in [0, 0.05) is 23.1 Å². The van der Waals surface area contributed by atoms with Crippen molar-refractivity contribution < 1.29 is 14.3 Å². The lowest BCUT2D eigenvalue weighted by Gasteiger charge is -2.30. The summed E-state index contributed by atoms with van der Waals surface area (Å²) in [6, 6.07) is 12.2. The van der Waals surface area contributed by atoms with Gasteiger partial charge in [-0.1, -0.05) is 52.7 Å². The van der Waals surface area contributed by atoms with E-state index in [0.717, 1.165) is 15.6 Å². The predicted octanol–water partition coefficient (Wildman–Crippen LogP) is 4.34. The first-order chi connectivity index (χ1) is 13.4. The second-order valence-corrected chi connectivity index (χ2v) is 7.61. The van der Waals surface area contributed by atoms with Crippen LogP contribution in [0.5, 0.6) is 5.75 Å². The molecular weight excluding hydrogens is 444 g/mol. The molecule has 150 valence electrons. The summed E-state index contributed by atoms with van der Waals surface area (Å²) in [5.74, 6) is 0.0954. The normalized spacial score (nSPS) is 11.6. The number of rotatable bonds is 8. The molecule has 5 nitrogen and oxygen atoms in total. The lowest BCUT2D eigenvalue weighted by Crippen LogP contribution is -2.49. The molecule has 0 aromatic heterocycles. The molecule has 1 N–H and O–H groups in total. The van der Waals surface area contributed by atoms with Gasteiger partial charge in [-0.05, 0) is 48.7 Å². The molecular formula is C21H24BrClN2O3. The van der Waals surface area contributed by atoms with Gasteiger partial charge in [0.1, 0.15) is 11.8 Å². The third-order valence-electron chi connectivity index (χ3n) is 4.42. The van der Waals surface area contributed by atoms with E-state index in [0.29, 0.717) is 17.2 Å². The van der Waals surface area contributed by atoms with Gasteiger partial charge in [0.15, 0.2) is 6.61 Å². The second-order valence-electron chi connectivity index (χ2n) is 6.35. The first-order valence-corrected chi connectivity index (χ1v) is 10.2. The Morgan fingerprint density at radius 1 is 1.25 bits per heavy atom. The monoisotopic (exact) mass is 466 g/mol. The highest BCUT2D eigenvalue weighted by atomic mass is 79.9. The van der Waals surface area contributed by atoms with E-state index < -0.39 is 6.04 Å². The van der Waals surface area contributed by atoms with E-state index in [1.807, 2.05) is 44.2 Å². The zero-order valence-corrected chi connectivity index (χ0v) is 18.5. The zero-order valence-electron chi connectivity index (χ0n) is 16.2. The van der Waals surface area contributed by atoms with Gasteiger partial charge in [-0.15, -0.1) is 0 Å². The number of benzene rings is 2. The minimum absolute atomic E-state index is 0.168. The number of nitrogens with zero attached hydrogens (tertiary/aromatic N) is 1. The summed E-state index contributed by atoms with van der Waals surface area (Å²) >= 11 is 9.71. The third kappa shape index (κ3) is 5.72. The maximum absolute atomic E-state index is 13.0. The number of likely N-dealkylation sites (N-methyl/N-ethyl adjacent to an activating group) is 1. The smallest absolute Gasteiger partial charge is 0.261 e. The Morgan fingerprint density at radius 3 is 2.57 bits per heavy atom. The lowest BCUT2D eigenvalue weighted by molar-refractivity contribution is -0.142. The number of hydrogen-bond acceptors (Lipinski definition) is 3. The number of nitrogens with one attached hydrogen (secondary N) is 1. The van der Waals surface area contributed by atoms with Crippen LogP contribution < -0.4 is 10.1 Å². The maximum atomic E-state index is 13.0. The summed E-state index contributed by atoms with van der Waals surface area (Å²) in [5, 5.41) is 3.18. The Balaban J connectivity index is 2.21. The molecule has 0 aliphatic heterocycles. The van der Waals surface area contributed by atoms with Crippen molar-refractivity contribution in [1.29, 1.82) is 0 Å². The minimum atomic E-state index is -0.607. The second kappa shape index (κ2) is 10.5. The van der Waals surface area contributed by atoms with E-state index in [2.05, 4.69) is 21.2 Å². The Morgan fingerprint density at radius 2 is 1.96 bits per heavy atom. The summed E-state index contributed by atoms with van der Waals surface area (Å²) in [7, 11) is 1.56. The number of ether oxygens (including phenoxy) is 1. The maximum Gasteiger partial charge on any atom is 0.261 e. The molecule has 1 atom stereocenters. The Labute approximate surface area is 179 Å². The van der Waals surface area contributed by atoms with E-state index in [9.17, 15) is 9.59 Å². The van der Waals surface area contributed by atoms with Crippen molar-refractivity contribution >= 4 is 39.3 Å². The van der Waals surface area contributed by atoms with Gasteiger partial charge < -0.3 is 15.0 Å². The molecule has 0 radical (unpaired) electrons. The number of halogens is 2. The summed E-state index contributed by atoms with van der Waals surface area (Å²) < 4.78 is 6.65. The number of hydrogen-bond donors (Lipinski definition) is 1. The van der Waals surface area contributed by atoms with Crippen LogP contribution >= 0.6 is 27.5 Å². The summed E-state index contributed by atoms with van der Waals surface area (Å²) in [5.41, 5.74) is 1.79. The molecule has 0 fully saturated rings. The van der Waals surface area contributed by atoms with Gasteiger partial charge in [-0.2, -0.15) is 0 Å². The van der Waals surface area contributed by atoms with Crippen LogP contribution in [0.1, 0.15) is 24.5 Å². The fourth-order valence-corrected chi connectivity index (χ4v) is 3.27. The highest BCUT2D eigenvalue weighted by Gasteiger charge is 2.28. The summed E-state index contributed by atoms with van der Waals surface area (Å²) in [6.45, 7) is 3.87. The Kier molecular flexibility index (Phi) is 8.33. The topological polar surface area (TPSA) is 58.6 Å². The van der Waals surface area contributed by atoms with Crippen LogP contribution in [0.2, 0.25) is 5.02 Å². The third-order valence-corrected chi connectivity index (χ3v) is 5.68. The standard InChI is InChI=1S/C21H24BrClN2O3/c1-4-19(21(27)24-3)25(12-15-7-5-6-8-18(15)23)20(26)13-28-16-9-10-17(22)14(2)11-16/h5-11,19H,4,12-13H2,1-3H3,(H,24,27). The van der Waals surface area contributed by atoms with Crippen molar-refractivity contribution in [3.63, 3.8) is 0 Å². The van der Waals surface area contributed by atoms with Gasteiger partial charge in [0.05, 0.1) is 0 Å².